The number of aryl methyl sites for hydroxylation is 2. The molecule has 0 amide bonds. The summed E-state index contributed by atoms with van der Waals surface area (Å²) in [6, 6.07) is 17.7. The summed E-state index contributed by atoms with van der Waals surface area (Å²) in [5, 5.41) is 0. The Morgan fingerprint density at radius 1 is 0.686 bits per heavy atom. The number of benzene rings is 3. The molecule has 6 nitrogen and oxygen atoms in total. The van der Waals surface area contributed by atoms with Crippen molar-refractivity contribution in [2.24, 2.45) is 0 Å². The zero-order chi connectivity index (χ0) is 25.4. The molecule has 3 aromatic carbocycles. The van der Waals surface area contributed by atoms with Crippen LogP contribution < -0.4 is 14.2 Å². The molecule has 1 atom stereocenters. The van der Waals surface area contributed by atoms with E-state index in [0.29, 0.717) is 48.2 Å². The van der Waals surface area contributed by atoms with E-state index in [1.807, 2.05) is 58.9 Å². The Morgan fingerprint density at radius 3 is 1.66 bits per heavy atom. The van der Waals surface area contributed by atoms with Crippen molar-refractivity contribution in [1.29, 1.82) is 0 Å². The van der Waals surface area contributed by atoms with Gasteiger partial charge in [-0.2, -0.15) is 0 Å². The SMILES string of the molecule is CCOc1cc(C(=O)OC(C(=O)c2ccc(C)cc2)c2ccc(C)cc2)cc(OCC)c1OCC. The summed E-state index contributed by atoms with van der Waals surface area (Å²) < 4.78 is 23.0. The third-order valence-electron chi connectivity index (χ3n) is 5.32. The first-order valence-corrected chi connectivity index (χ1v) is 11.8. The van der Waals surface area contributed by atoms with Gasteiger partial charge in [-0.1, -0.05) is 59.7 Å². The number of ether oxygens (including phenoxy) is 4. The minimum absolute atomic E-state index is 0.203. The smallest absolute Gasteiger partial charge is 0.339 e. The lowest BCUT2D eigenvalue weighted by Crippen LogP contribution is -2.20. The first-order valence-electron chi connectivity index (χ1n) is 11.8. The molecule has 3 rings (SSSR count). The largest absolute Gasteiger partial charge is 0.490 e. The van der Waals surface area contributed by atoms with Crippen LogP contribution in [0, 0.1) is 13.8 Å². The molecule has 0 aromatic heterocycles. The molecule has 35 heavy (non-hydrogen) atoms. The first-order chi connectivity index (χ1) is 16.9. The van der Waals surface area contributed by atoms with Crippen LogP contribution in [0.25, 0.3) is 0 Å². The van der Waals surface area contributed by atoms with E-state index in [1.165, 1.54) is 0 Å². The molecule has 3 aromatic rings. The summed E-state index contributed by atoms with van der Waals surface area (Å²) >= 11 is 0. The number of esters is 1. The number of carbonyl (C=O) groups excluding carboxylic acids is 2. The summed E-state index contributed by atoms with van der Waals surface area (Å²) in [6.45, 7) is 10.6. The third-order valence-corrected chi connectivity index (χ3v) is 5.32. The van der Waals surface area contributed by atoms with Crippen LogP contribution in [-0.2, 0) is 4.74 Å². The molecular weight excluding hydrogens is 444 g/mol. The van der Waals surface area contributed by atoms with E-state index in [4.69, 9.17) is 18.9 Å². The van der Waals surface area contributed by atoms with Crippen LogP contribution in [-0.4, -0.2) is 31.6 Å². The Balaban J connectivity index is 2.00. The second-order valence-corrected chi connectivity index (χ2v) is 8.03. The standard InChI is InChI=1S/C29H32O6/c1-6-32-24-17-23(18-25(33-7-2)28(24)34-8-3)29(31)35-27(22-15-11-20(5)12-16-22)26(30)21-13-9-19(4)10-14-21/h9-18,27H,6-8H2,1-5H3. The highest BCUT2D eigenvalue weighted by molar-refractivity contribution is 6.02. The molecule has 0 aliphatic carbocycles. The first kappa shape index (κ1) is 25.8. The van der Waals surface area contributed by atoms with Crippen molar-refractivity contribution in [2.45, 2.75) is 40.7 Å². The highest BCUT2D eigenvalue weighted by Gasteiger charge is 2.28. The molecule has 0 spiro atoms. The van der Waals surface area contributed by atoms with E-state index < -0.39 is 12.1 Å². The molecule has 0 saturated heterocycles. The van der Waals surface area contributed by atoms with Crippen molar-refractivity contribution >= 4 is 11.8 Å². The van der Waals surface area contributed by atoms with Crippen molar-refractivity contribution in [3.8, 4) is 17.2 Å². The van der Waals surface area contributed by atoms with Gasteiger partial charge in [-0.05, 0) is 46.8 Å². The molecule has 0 aliphatic rings. The van der Waals surface area contributed by atoms with E-state index >= 15 is 0 Å². The van der Waals surface area contributed by atoms with Crippen LogP contribution in [0.1, 0.15) is 64.3 Å². The van der Waals surface area contributed by atoms with Crippen molar-refractivity contribution < 1.29 is 28.5 Å². The molecule has 0 bridgehead atoms. The van der Waals surface area contributed by atoms with Crippen LogP contribution in [0.2, 0.25) is 0 Å². The highest BCUT2D eigenvalue weighted by Crippen LogP contribution is 2.39. The van der Waals surface area contributed by atoms with Gasteiger partial charge in [0.05, 0.1) is 25.4 Å². The minimum Gasteiger partial charge on any atom is -0.490 e. The Bertz CT molecular complexity index is 1120. The topological polar surface area (TPSA) is 71.1 Å². The molecule has 1 unspecified atom stereocenters. The number of Topliss-reactive ketones (excluding diaryl/α,β-unsaturated/α-hetero) is 1. The Kier molecular flexibility index (Phi) is 8.90. The molecule has 6 heteroatoms. The number of rotatable bonds is 11. The van der Waals surface area contributed by atoms with E-state index in [9.17, 15) is 9.59 Å². The number of ketones is 1. The van der Waals surface area contributed by atoms with Gasteiger partial charge in [0.25, 0.3) is 0 Å². The fraction of sp³-hybridized carbons (Fsp3) is 0.310. The van der Waals surface area contributed by atoms with Gasteiger partial charge in [0.15, 0.2) is 17.6 Å². The maximum atomic E-state index is 13.4. The second-order valence-electron chi connectivity index (χ2n) is 8.03. The summed E-state index contributed by atoms with van der Waals surface area (Å²) in [5.41, 5.74) is 3.33. The minimum atomic E-state index is -1.11. The molecule has 0 fully saturated rings. The van der Waals surface area contributed by atoms with E-state index in [1.54, 1.807) is 36.4 Å². The monoisotopic (exact) mass is 476 g/mol. The second kappa shape index (κ2) is 12.1. The van der Waals surface area contributed by atoms with E-state index in [-0.39, 0.29) is 11.3 Å². The Hall–Kier alpha value is -3.80. The zero-order valence-corrected chi connectivity index (χ0v) is 20.9. The van der Waals surface area contributed by atoms with Gasteiger partial charge in [0.1, 0.15) is 0 Å². The summed E-state index contributed by atoms with van der Waals surface area (Å²) in [4.78, 5) is 26.8. The van der Waals surface area contributed by atoms with Crippen LogP contribution in [0.5, 0.6) is 17.2 Å². The molecule has 184 valence electrons. The van der Waals surface area contributed by atoms with Gasteiger partial charge in [-0.25, -0.2) is 4.79 Å². The average molecular weight is 477 g/mol. The lowest BCUT2D eigenvalue weighted by molar-refractivity contribution is 0.0279. The van der Waals surface area contributed by atoms with Crippen LogP contribution in [0.15, 0.2) is 60.7 Å². The maximum absolute atomic E-state index is 13.4. The fourth-order valence-corrected chi connectivity index (χ4v) is 3.56. The summed E-state index contributed by atoms with van der Waals surface area (Å²) in [5.74, 6) is 0.218. The Labute approximate surface area is 206 Å². The zero-order valence-electron chi connectivity index (χ0n) is 20.9. The Morgan fingerprint density at radius 2 is 1.17 bits per heavy atom. The van der Waals surface area contributed by atoms with Crippen molar-refractivity contribution in [3.05, 3.63) is 88.5 Å². The third kappa shape index (κ3) is 6.41. The average Bonchev–Trinajstić information content (AvgIpc) is 2.85. The molecule has 0 heterocycles. The van der Waals surface area contributed by atoms with E-state index in [2.05, 4.69) is 0 Å². The lowest BCUT2D eigenvalue weighted by Gasteiger charge is -2.20. The van der Waals surface area contributed by atoms with Gasteiger partial charge >= 0.3 is 5.97 Å². The fourth-order valence-electron chi connectivity index (χ4n) is 3.56. The molecule has 0 radical (unpaired) electrons. The maximum Gasteiger partial charge on any atom is 0.339 e. The predicted molar refractivity (Wildman–Crippen MR) is 135 cm³/mol. The molecule has 0 saturated carbocycles. The highest BCUT2D eigenvalue weighted by atomic mass is 16.6. The predicted octanol–water partition coefficient (Wildman–Crippen LogP) is 6.28. The van der Waals surface area contributed by atoms with Crippen LogP contribution in [0.3, 0.4) is 0 Å². The van der Waals surface area contributed by atoms with Crippen LogP contribution >= 0.6 is 0 Å². The van der Waals surface area contributed by atoms with E-state index in [0.717, 1.165) is 11.1 Å². The number of hydrogen-bond donors (Lipinski definition) is 0. The molecule has 0 aliphatic heterocycles. The normalized spacial score (nSPS) is 11.5. The quantitative estimate of drug-likeness (QED) is 0.240. The van der Waals surface area contributed by atoms with Gasteiger partial charge in [0.2, 0.25) is 11.5 Å². The van der Waals surface area contributed by atoms with Crippen molar-refractivity contribution in [2.75, 3.05) is 19.8 Å². The molecular formula is C29H32O6. The van der Waals surface area contributed by atoms with Crippen molar-refractivity contribution in [3.63, 3.8) is 0 Å². The number of hydrogen-bond acceptors (Lipinski definition) is 6. The lowest BCUT2D eigenvalue weighted by atomic mass is 9.98. The summed E-state index contributed by atoms with van der Waals surface area (Å²) in [6.07, 6.45) is -1.11. The number of carbonyl (C=O) groups is 2. The van der Waals surface area contributed by atoms with Gasteiger partial charge in [-0.3, -0.25) is 4.79 Å². The van der Waals surface area contributed by atoms with Gasteiger partial charge in [0, 0.05) is 11.1 Å². The summed E-state index contributed by atoms with van der Waals surface area (Å²) in [7, 11) is 0. The molecule has 0 N–H and O–H groups in total. The van der Waals surface area contributed by atoms with Gasteiger partial charge < -0.3 is 18.9 Å². The van der Waals surface area contributed by atoms with Crippen LogP contribution in [0.4, 0.5) is 0 Å². The van der Waals surface area contributed by atoms with Gasteiger partial charge in [-0.15, -0.1) is 0 Å². The van der Waals surface area contributed by atoms with Crippen molar-refractivity contribution in [1.82, 2.24) is 0 Å².